The molecule has 0 saturated carbocycles. The Morgan fingerprint density at radius 1 is 1.00 bits per heavy atom. The molecule has 0 fully saturated rings. The number of hydrogen-bond acceptors (Lipinski definition) is 0. The van der Waals surface area contributed by atoms with Gasteiger partial charge in [0.05, 0.1) is 0 Å². The van der Waals surface area contributed by atoms with Crippen molar-refractivity contribution in [1.29, 1.82) is 0 Å². The zero-order valence-electron chi connectivity index (χ0n) is 10.9. The quantitative estimate of drug-likeness (QED) is 0.704. The lowest BCUT2D eigenvalue weighted by molar-refractivity contribution is -0.714. The van der Waals surface area contributed by atoms with Gasteiger partial charge in [0.15, 0.2) is 18.4 Å². The maximum atomic E-state index is 2.32. The van der Waals surface area contributed by atoms with Crippen LogP contribution in [0.15, 0.2) is 48.8 Å². The Hall–Kier alpha value is -1.63. The predicted octanol–water partition coefficient (Wildman–Crippen LogP) is 3.59. The average molecular weight is 226 g/mol. The molecule has 1 aromatic heterocycles. The fraction of sp³-hybridized carbons (Fsp3) is 0.312. The van der Waals surface area contributed by atoms with E-state index in [1.54, 1.807) is 0 Å². The van der Waals surface area contributed by atoms with E-state index in [0.29, 0.717) is 6.04 Å². The summed E-state index contributed by atoms with van der Waals surface area (Å²) in [6.07, 6.45) is 5.54. The van der Waals surface area contributed by atoms with Crippen molar-refractivity contribution in [1.82, 2.24) is 0 Å². The highest BCUT2D eigenvalue weighted by Crippen LogP contribution is 2.16. The van der Waals surface area contributed by atoms with Crippen LogP contribution in [0.1, 0.15) is 36.1 Å². The van der Waals surface area contributed by atoms with E-state index in [1.165, 1.54) is 16.7 Å². The molecule has 0 unspecified atom stereocenters. The summed E-state index contributed by atoms with van der Waals surface area (Å²) in [5.41, 5.74) is 4.08. The summed E-state index contributed by atoms with van der Waals surface area (Å²) in [5.74, 6) is 0. The molecule has 2 rings (SSSR count). The van der Waals surface area contributed by atoms with Crippen molar-refractivity contribution in [3.8, 4) is 0 Å². The molecule has 0 aliphatic carbocycles. The summed E-state index contributed by atoms with van der Waals surface area (Å²) in [6.45, 7) is 6.56. The van der Waals surface area contributed by atoms with Gasteiger partial charge >= 0.3 is 0 Å². The number of nitrogens with zero attached hydrogens (tertiary/aromatic N) is 1. The molecule has 17 heavy (non-hydrogen) atoms. The van der Waals surface area contributed by atoms with Crippen molar-refractivity contribution in [2.75, 3.05) is 0 Å². The van der Waals surface area contributed by atoms with Crippen LogP contribution in [-0.2, 0) is 0 Å². The lowest BCUT2D eigenvalue weighted by atomic mass is 10.0. The maximum Gasteiger partial charge on any atom is 0.183 e. The Labute approximate surface area is 104 Å². The molecule has 0 amide bonds. The zero-order valence-corrected chi connectivity index (χ0v) is 10.9. The minimum absolute atomic E-state index is 0.440. The molecule has 0 N–H and O–H groups in total. The van der Waals surface area contributed by atoms with Crippen LogP contribution in [-0.4, -0.2) is 0 Å². The monoisotopic (exact) mass is 226 g/mol. The van der Waals surface area contributed by atoms with Gasteiger partial charge in [-0.3, -0.25) is 0 Å². The molecular formula is C16H20N+. The molecule has 1 aromatic carbocycles. The average Bonchev–Trinajstić information content (AvgIpc) is 2.36. The van der Waals surface area contributed by atoms with Gasteiger partial charge in [-0.05, 0) is 19.4 Å². The number of aryl methyl sites for hydroxylation is 2. The van der Waals surface area contributed by atoms with E-state index >= 15 is 0 Å². The van der Waals surface area contributed by atoms with Crippen molar-refractivity contribution in [2.24, 2.45) is 0 Å². The molecule has 0 saturated heterocycles. The van der Waals surface area contributed by atoms with Gasteiger partial charge in [0, 0.05) is 23.6 Å². The van der Waals surface area contributed by atoms with E-state index in [1.807, 2.05) is 0 Å². The molecule has 1 heteroatoms. The van der Waals surface area contributed by atoms with Gasteiger partial charge in [-0.15, -0.1) is 0 Å². The van der Waals surface area contributed by atoms with Crippen molar-refractivity contribution in [3.05, 3.63) is 65.5 Å². The molecule has 1 heterocycles. The van der Waals surface area contributed by atoms with Crippen LogP contribution in [0.3, 0.4) is 0 Å². The van der Waals surface area contributed by atoms with Crippen LogP contribution in [0.4, 0.5) is 0 Å². The first kappa shape index (κ1) is 11.8. The van der Waals surface area contributed by atoms with Crippen LogP contribution < -0.4 is 4.57 Å². The molecule has 0 spiro atoms. The van der Waals surface area contributed by atoms with Crippen LogP contribution in [0, 0.1) is 13.8 Å². The lowest BCUT2D eigenvalue weighted by Gasteiger charge is -2.11. The Morgan fingerprint density at radius 2 is 1.71 bits per heavy atom. The zero-order chi connectivity index (χ0) is 12.3. The van der Waals surface area contributed by atoms with Crippen LogP contribution >= 0.6 is 0 Å². The fourth-order valence-electron chi connectivity index (χ4n) is 2.19. The van der Waals surface area contributed by atoms with Crippen molar-refractivity contribution in [2.45, 2.75) is 33.2 Å². The maximum absolute atomic E-state index is 2.32. The van der Waals surface area contributed by atoms with Crippen molar-refractivity contribution in [3.63, 3.8) is 0 Å². The van der Waals surface area contributed by atoms with Crippen molar-refractivity contribution < 1.29 is 4.57 Å². The first-order valence-corrected chi connectivity index (χ1v) is 6.25. The second-order valence-electron chi connectivity index (χ2n) is 4.59. The summed E-state index contributed by atoms with van der Waals surface area (Å²) in [5, 5.41) is 0. The molecule has 0 radical (unpaired) electrons. The van der Waals surface area contributed by atoms with Crippen LogP contribution in [0.25, 0.3) is 0 Å². The first-order valence-electron chi connectivity index (χ1n) is 6.25. The van der Waals surface area contributed by atoms with E-state index in [-0.39, 0.29) is 0 Å². The predicted molar refractivity (Wildman–Crippen MR) is 71.0 cm³/mol. The van der Waals surface area contributed by atoms with E-state index in [2.05, 4.69) is 74.1 Å². The van der Waals surface area contributed by atoms with E-state index in [9.17, 15) is 0 Å². The molecule has 1 atom stereocenters. The largest absolute Gasteiger partial charge is 0.198 e. The Kier molecular flexibility index (Phi) is 3.58. The molecule has 88 valence electrons. The van der Waals surface area contributed by atoms with E-state index in [4.69, 9.17) is 0 Å². The molecule has 2 aromatic rings. The molecule has 0 aliphatic rings. The first-order chi connectivity index (χ1) is 8.22. The third kappa shape index (κ3) is 2.55. The Bertz CT molecular complexity index is 488. The highest BCUT2D eigenvalue weighted by atomic mass is 15.0. The normalized spacial score (nSPS) is 12.4. The minimum Gasteiger partial charge on any atom is -0.198 e. The lowest BCUT2D eigenvalue weighted by Crippen LogP contribution is -2.39. The van der Waals surface area contributed by atoms with E-state index in [0.717, 1.165) is 6.42 Å². The third-order valence-electron chi connectivity index (χ3n) is 3.39. The molecule has 0 bridgehead atoms. The highest BCUT2D eigenvalue weighted by molar-refractivity contribution is 5.19. The summed E-state index contributed by atoms with van der Waals surface area (Å²) in [7, 11) is 0. The van der Waals surface area contributed by atoms with Gasteiger partial charge in [0.1, 0.15) is 0 Å². The number of benzene rings is 1. The number of pyridine rings is 1. The number of rotatable bonds is 3. The minimum atomic E-state index is 0.440. The Balaban J connectivity index is 2.39. The summed E-state index contributed by atoms with van der Waals surface area (Å²) in [4.78, 5) is 0. The molecular weight excluding hydrogens is 206 g/mol. The van der Waals surface area contributed by atoms with Gasteiger partial charge < -0.3 is 0 Å². The van der Waals surface area contributed by atoms with Gasteiger partial charge in [-0.25, -0.2) is 0 Å². The summed E-state index contributed by atoms with van der Waals surface area (Å²) in [6, 6.07) is 13.3. The van der Waals surface area contributed by atoms with Crippen LogP contribution in [0.2, 0.25) is 0 Å². The standard InChI is InChI=1S/C16H20N/c1-4-16(15-8-6-5-7-9-15)17-11-10-13(2)14(3)12-17/h5-12,16H,4H2,1-3H3/q+1/t16-/m1/s1. The number of hydrogen-bond donors (Lipinski definition) is 0. The molecule has 0 aliphatic heterocycles. The number of aromatic nitrogens is 1. The SMILES string of the molecule is CC[C@H](c1ccccc1)[n+]1ccc(C)c(C)c1. The topological polar surface area (TPSA) is 3.88 Å². The third-order valence-corrected chi connectivity index (χ3v) is 3.39. The van der Waals surface area contributed by atoms with Crippen molar-refractivity contribution >= 4 is 0 Å². The second-order valence-corrected chi connectivity index (χ2v) is 4.59. The summed E-state index contributed by atoms with van der Waals surface area (Å²) >= 11 is 0. The van der Waals surface area contributed by atoms with Gasteiger partial charge in [0.25, 0.3) is 0 Å². The second kappa shape index (κ2) is 5.13. The van der Waals surface area contributed by atoms with Gasteiger partial charge in [0.2, 0.25) is 0 Å². The van der Waals surface area contributed by atoms with Crippen LogP contribution in [0.5, 0.6) is 0 Å². The fourth-order valence-corrected chi connectivity index (χ4v) is 2.19. The smallest absolute Gasteiger partial charge is 0.183 e. The molecule has 1 nitrogen and oxygen atoms in total. The van der Waals surface area contributed by atoms with Gasteiger partial charge in [-0.1, -0.05) is 37.3 Å². The Morgan fingerprint density at radius 3 is 2.29 bits per heavy atom. The highest BCUT2D eigenvalue weighted by Gasteiger charge is 2.18. The summed E-state index contributed by atoms with van der Waals surface area (Å²) < 4.78 is 2.32. The van der Waals surface area contributed by atoms with E-state index < -0.39 is 0 Å². The van der Waals surface area contributed by atoms with Gasteiger partial charge in [-0.2, -0.15) is 4.57 Å².